The second-order valence-corrected chi connectivity index (χ2v) is 11.1. The fraction of sp³-hybridized carbons (Fsp3) is 0.462. The molecule has 0 bridgehead atoms. The van der Waals surface area contributed by atoms with Crippen LogP contribution in [0.15, 0.2) is 48.5 Å². The zero-order valence-electron chi connectivity index (χ0n) is 21.3. The summed E-state index contributed by atoms with van der Waals surface area (Å²) in [7, 11) is -3.82. The van der Waals surface area contributed by atoms with E-state index in [1.807, 2.05) is 51.1 Å². The van der Waals surface area contributed by atoms with Crippen LogP contribution in [-0.4, -0.2) is 63.9 Å². The van der Waals surface area contributed by atoms with Gasteiger partial charge in [-0.1, -0.05) is 51.1 Å². The highest BCUT2D eigenvalue weighted by atomic mass is 32.2. The first-order chi connectivity index (χ1) is 17.1. The van der Waals surface area contributed by atoms with Gasteiger partial charge in [0.1, 0.15) is 12.6 Å². The van der Waals surface area contributed by atoms with Crippen molar-refractivity contribution in [3.05, 3.63) is 54.1 Å². The first kappa shape index (κ1) is 27.3. The Balaban J connectivity index is 1.87. The van der Waals surface area contributed by atoms with Crippen LogP contribution >= 0.6 is 0 Å². The van der Waals surface area contributed by atoms with Crippen molar-refractivity contribution in [3.63, 3.8) is 0 Å². The number of ether oxygens (including phenoxy) is 2. The van der Waals surface area contributed by atoms with E-state index in [0.29, 0.717) is 30.9 Å². The van der Waals surface area contributed by atoms with Crippen LogP contribution in [0.3, 0.4) is 0 Å². The Hall–Kier alpha value is -3.27. The topological polar surface area (TPSA) is 105 Å². The van der Waals surface area contributed by atoms with E-state index in [2.05, 4.69) is 5.32 Å². The van der Waals surface area contributed by atoms with Crippen molar-refractivity contribution in [2.45, 2.75) is 39.7 Å². The molecule has 196 valence electrons. The molecule has 2 aromatic rings. The predicted molar refractivity (Wildman–Crippen MR) is 139 cm³/mol. The maximum absolute atomic E-state index is 13.7. The number of nitrogens with one attached hydrogen (secondary N) is 1. The van der Waals surface area contributed by atoms with Crippen LogP contribution in [0.1, 0.15) is 32.8 Å². The highest BCUT2D eigenvalue weighted by Crippen LogP contribution is 2.36. The van der Waals surface area contributed by atoms with Crippen molar-refractivity contribution in [2.75, 3.05) is 37.0 Å². The van der Waals surface area contributed by atoms with E-state index < -0.39 is 28.5 Å². The molecule has 1 aliphatic heterocycles. The Morgan fingerprint density at radius 3 is 2.39 bits per heavy atom. The van der Waals surface area contributed by atoms with E-state index in [1.165, 1.54) is 11.0 Å². The molecule has 1 N–H and O–H groups in total. The van der Waals surface area contributed by atoms with Gasteiger partial charge in [-0.15, -0.1) is 0 Å². The molecule has 10 heteroatoms. The third-order valence-electron chi connectivity index (χ3n) is 5.88. The summed E-state index contributed by atoms with van der Waals surface area (Å²) in [5.74, 6) is 0.471. The van der Waals surface area contributed by atoms with E-state index in [0.717, 1.165) is 16.1 Å². The van der Waals surface area contributed by atoms with Gasteiger partial charge in [-0.25, -0.2) is 8.42 Å². The van der Waals surface area contributed by atoms with Crippen LogP contribution in [0.4, 0.5) is 5.69 Å². The number of hydrogen-bond donors (Lipinski definition) is 1. The number of benzene rings is 2. The smallest absolute Gasteiger partial charge is 0.244 e. The van der Waals surface area contributed by atoms with Gasteiger partial charge in [-0.3, -0.25) is 13.9 Å². The minimum absolute atomic E-state index is 0.0491. The van der Waals surface area contributed by atoms with Crippen molar-refractivity contribution < 1.29 is 27.5 Å². The highest BCUT2D eigenvalue weighted by molar-refractivity contribution is 7.92. The van der Waals surface area contributed by atoms with Gasteiger partial charge in [-0.05, 0) is 36.5 Å². The van der Waals surface area contributed by atoms with Gasteiger partial charge in [0.05, 0.1) is 11.9 Å². The van der Waals surface area contributed by atoms with Crippen molar-refractivity contribution in [3.8, 4) is 11.5 Å². The van der Waals surface area contributed by atoms with E-state index in [-0.39, 0.29) is 30.9 Å². The van der Waals surface area contributed by atoms with Gasteiger partial charge in [-0.2, -0.15) is 0 Å². The molecule has 2 aromatic carbocycles. The average Bonchev–Trinajstić information content (AvgIpc) is 3.31. The largest absolute Gasteiger partial charge is 0.454 e. The zero-order chi connectivity index (χ0) is 26.3. The lowest BCUT2D eigenvalue weighted by molar-refractivity contribution is -0.139. The van der Waals surface area contributed by atoms with Gasteiger partial charge >= 0.3 is 0 Å². The maximum Gasteiger partial charge on any atom is 0.244 e. The van der Waals surface area contributed by atoms with Crippen LogP contribution in [0.5, 0.6) is 11.5 Å². The molecule has 1 heterocycles. The van der Waals surface area contributed by atoms with E-state index in [9.17, 15) is 18.0 Å². The third-order valence-corrected chi connectivity index (χ3v) is 7.02. The molecule has 0 saturated carbocycles. The predicted octanol–water partition coefficient (Wildman–Crippen LogP) is 2.80. The number of carbonyl (C=O) groups is 2. The minimum Gasteiger partial charge on any atom is -0.454 e. The molecule has 0 radical (unpaired) electrons. The Kier molecular flexibility index (Phi) is 9.19. The molecule has 3 rings (SSSR count). The van der Waals surface area contributed by atoms with Crippen molar-refractivity contribution >= 4 is 27.5 Å². The summed E-state index contributed by atoms with van der Waals surface area (Å²) in [6.07, 6.45) is 1.97. The SMILES string of the molecule is CC[C@@H](C(=O)NCC(C)C)N(CCc1ccccc1)C(=O)CN(c1ccc2c(c1)OCO2)S(C)(=O)=O. The number of hydrogen-bond acceptors (Lipinski definition) is 6. The number of fused-ring (bicyclic) bond motifs is 1. The summed E-state index contributed by atoms with van der Waals surface area (Å²) in [4.78, 5) is 28.2. The van der Waals surface area contributed by atoms with Gasteiger partial charge in [0, 0.05) is 19.2 Å². The maximum atomic E-state index is 13.7. The Morgan fingerprint density at radius 2 is 1.75 bits per heavy atom. The number of amides is 2. The van der Waals surface area contributed by atoms with Gasteiger partial charge in [0.25, 0.3) is 0 Å². The van der Waals surface area contributed by atoms with Crippen LogP contribution in [-0.2, 0) is 26.0 Å². The van der Waals surface area contributed by atoms with Crippen molar-refractivity contribution in [1.29, 1.82) is 0 Å². The van der Waals surface area contributed by atoms with Gasteiger partial charge in [0.15, 0.2) is 11.5 Å². The molecule has 0 saturated heterocycles. The number of rotatable bonds is 12. The number of sulfonamides is 1. The van der Waals surface area contributed by atoms with E-state index >= 15 is 0 Å². The van der Waals surface area contributed by atoms with Gasteiger partial charge in [0.2, 0.25) is 28.6 Å². The van der Waals surface area contributed by atoms with Crippen LogP contribution in [0.25, 0.3) is 0 Å². The summed E-state index contributed by atoms with van der Waals surface area (Å²) in [6, 6.07) is 13.7. The second-order valence-electron chi connectivity index (χ2n) is 9.19. The first-order valence-corrected chi connectivity index (χ1v) is 13.9. The molecular weight excluding hydrogens is 482 g/mol. The fourth-order valence-corrected chi connectivity index (χ4v) is 4.81. The monoisotopic (exact) mass is 517 g/mol. The molecule has 9 nitrogen and oxygen atoms in total. The van der Waals surface area contributed by atoms with Gasteiger partial charge < -0.3 is 19.7 Å². The molecule has 1 aliphatic rings. The molecule has 0 aliphatic carbocycles. The second kappa shape index (κ2) is 12.1. The molecule has 0 spiro atoms. The lowest BCUT2D eigenvalue weighted by Crippen LogP contribution is -2.53. The number of anilines is 1. The molecule has 1 atom stereocenters. The normalized spacial score (nSPS) is 13.4. The quantitative estimate of drug-likeness (QED) is 0.464. The summed E-state index contributed by atoms with van der Waals surface area (Å²) < 4.78 is 37.2. The van der Waals surface area contributed by atoms with Crippen LogP contribution in [0.2, 0.25) is 0 Å². The lowest BCUT2D eigenvalue weighted by atomic mass is 10.1. The lowest BCUT2D eigenvalue weighted by Gasteiger charge is -2.33. The summed E-state index contributed by atoms with van der Waals surface area (Å²) in [6.45, 7) is 6.20. The third kappa shape index (κ3) is 7.13. The highest BCUT2D eigenvalue weighted by Gasteiger charge is 2.32. The average molecular weight is 518 g/mol. The first-order valence-electron chi connectivity index (χ1n) is 12.1. The number of nitrogens with zero attached hydrogens (tertiary/aromatic N) is 2. The zero-order valence-corrected chi connectivity index (χ0v) is 22.1. The standard InChI is InChI=1S/C26H35N3O6S/c1-5-22(26(31)27-16-19(2)3)28(14-13-20-9-7-6-8-10-20)25(30)17-29(36(4,32)33)21-11-12-23-24(15-21)35-18-34-23/h6-12,15,19,22H,5,13-14,16-18H2,1-4H3,(H,27,31)/t22-/m0/s1. The van der Waals surface area contributed by atoms with E-state index in [4.69, 9.17) is 9.47 Å². The minimum atomic E-state index is -3.82. The van der Waals surface area contributed by atoms with Crippen LogP contribution in [0, 0.1) is 5.92 Å². The molecule has 0 unspecified atom stereocenters. The van der Waals surface area contributed by atoms with Crippen LogP contribution < -0.4 is 19.1 Å². The molecular formula is C26H35N3O6S. The molecule has 0 aromatic heterocycles. The van der Waals surface area contributed by atoms with Crippen molar-refractivity contribution in [1.82, 2.24) is 10.2 Å². The van der Waals surface area contributed by atoms with E-state index in [1.54, 1.807) is 12.1 Å². The molecule has 0 fully saturated rings. The molecule has 36 heavy (non-hydrogen) atoms. The Bertz CT molecular complexity index is 1150. The van der Waals surface area contributed by atoms with Crippen molar-refractivity contribution in [2.24, 2.45) is 5.92 Å². The molecule has 2 amide bonds. The Labute approximate surface area is 213 Å². The summed E-state index contributed by atoms with van der Waals surface area (Å²) >= 11 is 0. The Morgan fingerprint density at radius 1 is 1.06 bits per heavy atom. The fourth-order valence-electron chi connectivity index (χ4n) is 3.97. The summed E-state index contributed by atoms with van der Waals surface area (Å²) in [5, 5.41) is 2.92. The number of carbonyl (C=O) groups excluding carboxylic acids is 2. The summed E-state index contributed by atoms with van der Waals surface area (Å²) in [5.41, 5.74) is 1.30.